The molecule has 1 aromatic rings. The summed E-state index contributed by atoms with van der Waals surface area (Å²) in [5, 5.41) is 0. The van der Waals surface area contributed by atoms with E-state index < -0.39 is 5.92 Å². The Labute approximate surface area is 106 Å². The Kier molecular flexibility index (Phi) is 3.09. The van der Waals surface area contributed by atoms with Crippen molar-refractivity contribution in [2.45, 2.75) is 44.1 Å². The molecule has 18 heavy (non-hydrogen) atoms. The van der Waals surface area contributed by atoms with Crippen LogP contribution in [0.2, 0.25) is 0 Å². The maximum Gasteiger partial charge on any atom is 0.274 e. The van der Waals surface area contributed by atoms with Gasteiger partial charge in [-0.3, -0.25) is 0 Å². The monoisotopic (exact) mass is 255 g/mol. The van der Waals surface area contributed by atoms with Crippen LogP contribution in [0.3, 0.4) is 0 Å². The first kappa shape index (κ1) is 13.3. The first-order chi connectivity index (χ1) is 8.33. The summed E-state index contributed by atoms with van der Waals surface area (Å²) >= 11 is 0. The van der Waals surface area contributed by atoms with Gasteiger partial charge in [-0.25, -0.2) is 8.78 Å². The third kappa shape index (κ3) is 1.99. The summed E-state index contributed by atoms with van der Waals surface area (Å²) in [6, 6.07) is 4.95. The van der Waals surface area contributed by atoms with Gasteiger partial charge in [0.05, 0.1) is 12.7 Å². The lowest BCUT2D eigenvalue weighted by Gasteiger charge is -2.27. The van der Waals surface area contributed by atoms with Crippen LogP contribution < -0.4 is 10.5 Å². The number of ether oxygens (including phenoxy) is 1. The molecule has 0 spiro atoms. The molecule has 0 aromatic heterocycles. The lowest BCUT2D eigenvalue weighted by molar-refractivity contribution is 0.0134. The average Bonchev–Trinajstić information content (AvgIpc) is 3.07. The number of benzene rings is 1. The molecule has 0 aliphatic heterocycles. The first-order valence-corrected chi connectivity index (χ1v) is 6.14. The molecule has 2 nitrogen and oxygen atoms in total. The number of nitrogens with two attached hydrogens (primary N) is 1. The molecule has 1 aliphatic rings. The van der Waals surface area contributed by atoms with Crippen LogP contribution in [-0.4, -0.2) is 13.2 Å². The highest BCUT2D eigenvalue weighted by molar-refractivity contribution is 5.50. The van der Waals surface area contributed by atoms with Gasteiger partial charge < -0.3 is 10.5 Å². The predicted molar refractivity (Wildman–Crippen MR) is 67.1 cm³/mol. The standard InChI is InChI=1S/C14H19F2NO/c1-9(17)14(7-8-14)10-5-4-6-11(18-3)12(10)13(2,15)16/h4-6,9H,7-8,17H2,1-3H3. The number of hydrogen-bond acceptors (Lipinski definition) is 2. The van der Waals surface area contributed by atoms with Crippen molar-refractivity contribution in [3.05, 3.63) is 29.3 Å². The van der Waals surface area contributed by atoms with E-state index in [9.17, 15) is 8.78 Å². The van der Waals surface area contributed by atoms with Crippen LogP contribution >= 0.6 is 0 Å². The minimum absolute atomic E-state index is 0.0118. The number of rotatable bonds is 4. The third-order valence-electron chi connectivity index (χ3n) is 3.88. The van der Waals surface area contributed by atoms with Crippen molar-refractivity contribution in [3.63, 3.8) is 0 Å². The lowest BCUT2D eigenvalue weighted by Crippen LogP contribution is -2.33. The van der Waals surface area contributed by atoms with E-state index in [2.05, 4.69) is 0 Å². The van der Waals surface area contributed by atoms with Crippen molar-refractivity contribution in [2.75, 3.05) is 7.11 Å². The zero-order valence-corrected chi connectivity index (χ0v) is 11.0. The van der Waals surface area contributed by atoms with Gasteiger partial charge in [0.1, 0.15) is 5.75 Å². The topological polar surface area (TPSA) is 35.2 Å². The van der Waals surface area contributed by atoms with Crippen LogP contribution in [0.15, 0.2) is 18.2 Å². The Balaban J connectivity index is 2.61. The highest BCUT2D eigenvalue weighted by Crippen LogP contribution is 2.54. The molecule has 1 aromatic carbocycles. The summed E-state index contributed by atoms with van der Waals surface area (Å²) < 4.78 is 32.8. The van der Waals surface area contributed by atoms with Crippen LogP contribution in [-0.2, 0) is 11.3 Å². The van der Waals surface area contributed by atoms with Crippen molar-refractivity contribution in [2.24, 2.45) is 5.73 Å². The van der Waals surface area contributed by atoms with Gasteiger partial charge in [0.2, 0.25) is 0 Å². The molecular weight excluding hydrogens is 236 g/mol. The van der Waals surface area contributed by atoms with E-state index in [1.165, 1.54) is 7.11 Å². The second-order valence-electron chi connectivity index (χ2n) is 5.22. The molecule has 4 heteroatoms. The lowest BCUT2D eigenvalue weighted by atomic mass is 9.84. The molecular formula is C14H19F2NO. The molecule has 2 N–H and O–H groups in total. The highest BCUT2D eigenvalue weighted by Gasteiger charge is 2.51. The molecule has 1 saturated carbocycles. The van der Waals surface area contributed by atoms with Crippen molar-refractivity contribution in [1.29, 1.82) is 0 Å². The average molecular weight is 255 g/mol. The van der Waals surface area contributed by atoms with Gasteiger partial charge in [0.25, 0.3) is 5.92 Å². The number of alkyl halides is 2. The maximum absolute atomic E-state index is 13.9. The van der Waals surface area contributed by atoms with E-state index in [0.29, 0.717) is 5.56 Å². The second kappa shape index (κ2) is 4.19. The Bertz CT molecular complexity index is 448. The van der Waals surface area contributed by atoms with Crippen molar-refractivity contribution < 1.29 is 13.5 Å². The quantitative estimate of drug-likeness (QED) is 0.896. The minimum atomic E-state index is -2.92. The molecule has 0 saturated heterocycles. The van der Waals surface area contributed by atoms with Gasteiger partial charge in [0.15, 0.2) is 0 Å². The van der Waals surface area contributed by atoms with Gasteiger partial charge in [-0.05, 0) is 31.4 Å². The minimum Gasteiger partial charge on any atom is -0.496 e. The van der Waals surface area contributed by atoms with Gasteiger partial charge in [0, 0.05) is 18.4 Å². The number of methoxy groups -OCH3 is 1. The van der Waals surface area contributed by atoms with Crippen LogP contribution in [0.25, 0.3) is 0 Å². The molecule has 1 atom stereocenters. The summed E-state index contributed by atoms with van der Waals surface area (Å²) in [6.45, 7) is 2.79. The summed E-state index contributed by atoms with van der Waals surface area (Å²) in [5.74, 6) is -2.68. The summed E-state index contributed by atoms with van der Waals surface area (Å²) in [7, 11) is 1.42. The fourth-order valence-corrected chi connectivity index (χ4v) is 2.67. The molecule has 0 heterocycles. The van der Waals surface area contributed by atoms with E-state index in [-0.39, 0.29) is 22.8 Å². The fraction of sp³-hybridized carbons (Fsp3) is 0.571. The normalized spacial score (nSPS) is 19.4. The molecule has 0 bridgehead atoms. The molecule has 2 rings (SSSR count). The van der Waals surface area contributed by atoms with E-state index >= 15 is 0 Å². The zero-order chi connectivity index (χ0) is 13.6. The molecule has 0 radical (unpaired) electrons. The number of halogens is 2. The van der Waals surface area contributed by atoms with E-state index in [0.717, 1.165) is 19.8 Å². The van der Waals surface area contributed by atoms with Crippen molar-refractivity contribution in [1.82, 2.24) is 0 Å². The van der Waals surface area contributed by atoms with Crippen LogP contribution in [0, 0.1) is 0 Å². The van der Waals surface area contributed by atoms with Gasteiger partial charge in [-0.2, -0.15) is 0 Å². The van der Waals surface area contributed by atoms with Crippen LogP contribution in [0.1, 0.15) is 37.8 Å². The third-order valence-corrected chi connectivity index (χ3v) is 3.88. The smallest absolute Gasteiger partial charge is 0.274 e. The molecule has 1 aliphatic carbocycles. The van der Waals surface area contributed by atoms with Crippen LogP contribution in [0.5, 0.6) is 5.75 Å². The Morgan fingerprint density at radius 3 is 2.39 bits per heavy atom. The summed E-state index contributed by atoms with van der Waals surface area (Å²) in [4.78, 5) is 0. The largest absolute Gasteiger partial charge is 0.496 e. The molecule has 100 valence electrons. The van der Waals surface area contributed by atoms with Crippen molar-refractivity contribution in [3.8, 4) is 5.75 Å². The Morgan fingerprint density at radius 1 is 1.39 bits per heavy atom. The molecule has 1 fully saturated rings. The van der Waals surface area contributed by atoms with Crippen LogP contribution in [0.4, 0.5) is 8.78 Å². The summed E-state index contributed by atoms with van der Waals surface area (Å²) in [5.41, 5.74) is 6.31. The molecule has 0 amide bonds. The Morgan fingerprint density at radius 2 is 2.00 bits per heavy atom. The van der Waals surface area contributed by atoms with E-state index in [1.807, 2.05) is 6.92 Å². The first-order valence-electron chi connectivity index (χ1n) is 6.14. The predicted octanol–water partition coefficient (Wildman–Crippen LogP) is 3.19. The highest BCUT2D eigenvalue weighted by atomic mass is 19.3. The van der Waals surface area contributed by atoms with E-state index in [4.69, 9.17) is 10.5 Å². The van der Waals surface area contributed by atoms with Gasteiger partial charge in [-0.15, -0.1) is 0 Å². The van der Waals surface area contributed by atoms with Gasteiger partial charge >= 0.3 is 0 Å². The van der Waals surface area contributed by atoms with Gasteiger partial charge in [-0.1, -0.05) is 12.1 Å². The Hall–Kier alpha value is -1.16. The number of hydrogen-bond donors (Lipinski definition) is 1. The van der Waals surface area contributed by atoms with Crippen molar-refractivity contribution >= 4 is 0 Å². The second-order valence-corrected chi connectivity index (χ2v) is 5.22. The molecule has 1 unspecified atom stereocenters. The fourth-order valence-electron chi connectivity index (χ4n) is 2.67. The zero-order valence-electron chi connectivity index (χ0n) is 11.0. The summed E-state index contributed by atoms with van der Waals surface area (Å²) in [6.07, 6.45) is 1.72. The maximum atomic E-state index is 13.9. The SMILES string of the molecule is COc1cccc(C2(C(C)N)CC2)c1C(C)(F)F. The van der Waals surface area contributed by atoms with E-state index in [1.54, 1.807) is 18.2 Å².